The van der Waals surface area contributed by atoms with E-state index in [2.05, 4.69) is 18.3 Å². The molecule has 0 saturated heterocycles. The Bertz CT molecular complexity index is 497. The van der Waals surface area contributed by atoms with Crippen molar-refractivity contribution in [2.45, 2.75) is 38.8 Å². The van der Waals surface area contributed by atoms with Crippen molar-refractivity contribution in [3.8, 4) is 11.5 Å². The lowest BCUT2D eigenvalue weighted by Crippen LogP contribution is -2.26. The molecule has 0 amide bonds. The zero-order valence-electron chi connectivity index (χ0n) is 12.2. The van der Waals surface area contributed by atoms with E-state index in [1.165, 1.54) is 5.56 Å². The minimum Gasteiger partial charge on any atom is -0.497 e. The third-order valence-corrected chi connectivity index (χ3v) is 4.39. The first-order chi connectivity index (χ1) is 9.65. The van der Waals surface area contributed by atoms with Gasteiger partial charge < -0.3 is 19.9 Å². The van der Waals surface area contributed by atoms with Crippen molar-refractivity contribution in [3.05, 3.63) is 23.3 Å². The maximum absolute atomic E-state index is 9.34. The molecular formula is C16H23NO3. The van der Waals surface area contributed by atoms with Crippen LogP contribution in [0.1, 0.15) is 30.9 Å². The molecule has 0 radical (unpaired) electrons. The first-order valence-corrected chi connectivity index (χ1v) is 7.34. The fraction of sp³-hybridized carbons (Fsp3) is 0.625. The van der Waals surface area contributed by atoms with E-state index in [0.29, 0.717) is 0 Å². The van der Waals surface area contributed by atoms with Gasteiger partial charge in [0.2, 0.25) is 0 Å². The fourth-order valence-corrected chi connectivity index (χ4v) is 2.86. The van der Waals surface area contributed by atoms with Crippen LogP contribution in [0.3, 0.4) is 0 Å². The number of benzene rings is 1. The molecule has 4 nitrogen and oxygen atoms in total. The molecule has 0 bridgehead atoms. The minimum absolute atomic E-state index is 0.135. The predicted molar refractivity (Wildman–Crippen MR) is 77.2 cm³/mol. The smallest absolute Gasteiger partial charge is 0.127 e. The molecule has 110 valence electrons. The number of aliphatic hydroxyl groups is 1. The number of hydrogen-bond donors (Lipinski definition) is 2. The van der Waals surface area contributed by atoms with Gasteiger partial charge in [0.15, 0.2) is 0 Å². The number of nitrogens with one attached hydrogen (secondary N) is 1. The Morgan fingerprint density at radius 1 is 1.45 bits per heavy atom. The van der Waals surface area contributed by atoms with Gasteiger partial charge in [-0.25, -0.2) is 0 Å². The third-order valence-electron chi connectivity index (χ3n) is 4.39. The monoisotopic (exact) mass is 277 g/mol. The highest BCUT2D eigenvalue weighted by Gasteiger charge is 2.41. The summed E-state index contributed by atoms with van der Waals surface area (Å²) in [7, 11) is 1.70. The third kappa shape index (κ3) is 2.63. The van der Waals surface area contributed by atoms with Crippen molar-refractivity contribution in [2.75, 3.05) is 20.3 Å². The van der Waals surface area contributed by atoms with E-state index in [0.717, 1.165) is 49.4 Å². The molecule has 1 saturated carbocycles. The summed E-state index contributed by atoms with van der Waals surface area (Å²) < 4.78 is 11.3. The highest BCUT2D eigenvalue weighted by molar-refractivity contribution is 5.49. The van der Waals surface area contributed by atoms with Crippen LogP contribution in [-0.2, 0) is 13.0 Å². The summed E-state index contributed by atoms with van der Waals surface area (Å²) in [5, 5.41) is 12.8. The van der Waals surface area contributed by atoms with Gasteiger partial charge in [0.05, 0.1) is 7.11 Å². The minimum atomic E-state index is 0.135. The molecule has 1 aromatic rings. The maximum atomic E-state index is 9.34. The van der Waals surface area contributed by atoms with E-state index in [1.54, 1.807) is 7.11 Å². The van der Waals surface area contributed by atoms with Crippen LogP contribution in [0.2, 0.25) is 0 Å². The normalized spacial score (nSPS) is 22.2. The largest absolute Gasteiger partial charge is 0.497 e. The van der Waals surface area contributed by atoms with Crippen LogP contribution >= 0.6 is 0 Å². The van der Waals surface area contributed by atoms with Crippen molar-refractivity contribution in [3.63, 3.8) is 0 Å². The fourth-order valence-electron chi connectivity index (χ4n) is 2.86. The van der Waals surface area contributed by atoms with Gasteiger partial charge in [-0.3, -0.25) is 0 Å². The van der Waals surface area contributed by atoms with Crippen molar-refractivity contribution >= 4 is 0 Å². The maximum Gasteiger partial charge on any atom is 0.127 e. The Hall–Kier alpha value is -1.26. The SMILES string of the molecule is COc1cc(CNCC2(CO)CC2)c2c(c1)CC(C)O2. The van der Waals surface area contributed by atoms with E-state index in [4.69, 9.17) is 9.47 Å². The molecule has 0 spiro atoms. The summed E-state index contributed by atoms with van der Waals surface area (Å²) in [4.78, 5) is 0. The van der Waals surface area contributed by atoms with Gasteiger partial charge in [-0.15, -0.1) is 0 Å². The highest BCUT2D eigenvalue weighted by Crippen LogP contribution is 2.44. The summed E-state index contributed by atoms with van der Waals surface area (Å²) in [5.74, 6) is 1.90. The van der Waals surface area contributed by atoms with Crippen LogP contribution in [0.15, 0.2) is 12.1 Å². The average molecular weight is 277 g/mol. The average Bonchev–Trinajstić information content (AvgIpc) is 3.12. The standard InChI is InChI=1S/C16H23NO3/c1-11-5-12-6-14(19-2)7-13(15(12)20-11)8-17-9-16(10-18)3-4-16/h6-7,11,17-18H,3-5,8-10H2,1-2H3. The molecule has 2 N–H and O–H groups in total. The number of rotatable bonds is 6. The molecule has 3 rings (SSSR count). The zero-order chi connectivity index (χ0) is 14.2. The topological polar surface area (TPSA) is 50.7 Å². The van der Waals surface area contributed by atoms with E-state index in [9.17, 15) is 5.11 Å². The van der Waals surface area contributed by atoms with Gasteiger partial charge in [-0.1, -0.05) is 0 Å². The lowest BCUT2D eigenvalue weighted by Gasteiger charge is -2.15. The first-order valence-electron chi connectivity index (χ1n) is 7.34. The lowest BCUT2D eigenvalue weighted by molar-refractivity contribution is 0.207. The zero-order valence-corrected chi connectivity index (χ0v) is 12.2. The summed E-state index contributed by atoms with van der Waals surface area (Å²) in [6, 6.07) is 4.11. The lowest BCUT2D eigenvalue weighted by atomic mass is 10.1. The molecule has 1 fully saturated rings. The quantitative estimate of drug-likeness (QED) is 0.833. The van der Waals surface area contributed by atoms with Crippen molar-refractivity contribution < 1.29 is 14.6 Å². The second-order valence-electron chi connectivity index (χ2n) is 6.17. The highest BCUT2D eigenvalue weighted by atomic mass is 16.5. The Morgan fingerprint density at radius 3 is 2.90 bits per heavy atom. The van der Waals surface area contributed by atoms with E-state index >= 15 is 0 Å². The van der Waals surface area contributed by atoms with Crippen LogP contribution in [0, 0.1) is 5.41 Å². The van der Waals surface area contributed by atoms with Crippen LogP contribution in [0.4, 0.5) is 0 Å². The molecule has 0 aromatic heterocycles. The van der Waals surface area contributed by atoms with Crippen molar-refractivity contribution in [1.29, 1.82) is 0 Å². The molecular weight excluding hydrogens is 254 g/mol. The van der Waals surface area contributed by atoms with Crippen LogP contribution in [0.25, 0.3) is 0 Å². The second-order valence-corrected chi connectivity index (χ2v) is 6.17. The second kappa shape index (κ2) is 5.26. The molecule has 4 heteroatoms. The van der Waals surface area contributed by atoms with Gasteiger partial charge in [0.25, 0.3) is 0 Å². The van der Waals surface area contributed by atoms with Crippen LogP contribution in [0.5, 0.6) is 11.5 Å². The predicted octanol–water partition coefficient (Wildman–Crippen LogP) is 1.88. The van der Waals surface area contributed by atoms with Gasteiger partial charge in [-0.2, -0.15) is 0 Å². The number of ether oxygens (including phenoxy) is 2. The number of fused-ring (bicyclic) bond motifs is 1. The molecule has 1 unspecified atom stereocenters. The summed E-state index contributed by atoms with van der Waals surface area (Å²) in [5.41, 5.74) is 2.52. The van der Waals surface area contributed by atoms with E-state index in [1.807, 2.05) is 6.07 Å². The van der Waals surface area contributed by atoms with E-state index < -0.39 is 0 Å². The first kappa shape index (κ1) is 13.7. The van der Waals surface area contributed by atoms with Gasteiger partial charge in [0.1, 0.15) is 17.6 Å². The summed E-state index contributed by atoms with van der Waals surface area (Å²) >= 11 is 0. The Kier molecular flexibility index (Phi) is 3.61. The van der Waals surface area contributed by atoms with Gasteiger partial charge in [-0.05, 0) is 31.9 Å². The summed E-state index contributed by atoms with van der Waals surface area (Å²) in [6.07, 6.45) is 3.43. The Labute approximate surface area is 120 Å². The molecule has 1 aromatic carbocycles. The molecule has 20 heavy (non-hydrogen) atoms. The molecule has 1 heterocycles. The molecule has 2 aliphatic rings. The van der Waals surface area contributed by atoms with Crippen molar-refractivity contribution in [2.24, 2.45) is 5.41 Å². The van der Waals surface area contributed by atoms with E-state index in [-0.39, 0.29) is 18.1 Å². The molecule has 1 aliphatic carbocycles. The molecule has 1 atom stereocenters. The van der Waals surface area contributed by atoms with Crippen LogP contribution in [-0.4, -0.2) is 31.5 Å². The number of aliphatic hydroxyl groups excluding tert-OH is 1. The van der Waals surface area contributed by atoms with Crippen molar-refractivity contribution in [1.82, 2.24) is 5.32 Å². The summed E-state index contributed by atoms with van der Waals surface area (Å²) in [6.45, 7) is 4.00. The Balaban J connectivity index is 1.70. The molecule has 1 aliphatic heterocycles. The van der Waals surface area contributed by atoms with Gasteiger partial charge >= 0.3 is 0 Å². The van der Waals surface area contributed by atoms with Crippen LogP contribution < -0.4 is 14.8 Å². The van der Waals surface area contributed by atoms with Gasteiger partial charge in [0, 0.05) is 42.7 Å². The number of hydrogen-bond acceptors (Lipinski definition) is 4. The Morgan fingerprint density at radius 2 is 2.25 bits per heavy atom. The number of methoxy groups -OCH3 is 1.